The monoisotopic (exact) mass is 178 g/mol. The summed E-state index contributed by atoms with van der Waals surface area (Å²) in [7, 11) is 0. The Bertz CT molecular complexity index is 282. The number of piperidine rings is 1. The Balaban J connectivity index is 2.18. The highest BCUT2D eigenvalue weighted by molar-refractivity contribution is 5.53. The van der Waals surface area contributed by atoms with Crippen molar-refractivity contribution in [1.29, 1.82) is 0 Å². The summed E-state index contributed by atoms with van der Waals surface area (Å²) in [4.78, 5) is 6.07. The van der Waals surface area contributed by atoms with E-state index in [2.05, 4.69) is 9.88 Å². The Morgan fingerprint density at radius 2 is 2.00 bits per heavy atom. The van der Waals surface area contributed by atoms with E-state index in [4.69, 9.17) is 0 Å². The summed E-state index contributed by atoms with van der Waals surface area (Å²) in [5, 5.41) is 9.51. The summed E-state index contributed by atoms with van der Waals surface area (Å²) in [6.45, 7) is 2.08. The second kappa shape index (κ2) is 3.64. The van der Waals surface area contributed by atoms with E-state index in [1.807, 2.05) is 12.1 Å². The lowest BCUT2D eigenvalue weighted by Gasteiger charge is -2.28. The summed E-state index contributed by atoms with van der Waals surface area (Å²) in [5.41, 5.74) is 0.877. The van der Waals surface area contributed by atoms with E-state index in [1.165, 1.54) is 19.3 Å². The molecular weight excluding hydrogens is 164 g/mol. The molecule has 0 aliphatic carbocycles. The van der Waals surface area contributed by atoms with Gasteiger partial charge in [-0.05, 0) is 31.4 Å². The van der Waals surface area contributed by atoms with Gasteiger partial charge in [-0.1, -0.05) is 0 Å². The zero-order chi connectivity index (χ0) is 9.10. The Hall–Kier alpha value is -1.25. The van der Waals surface area contributed by atoms with Gasteiger partial charge in [-0.15, -0.1) is 0 Å². The molecule has 1 aliphatic rings. The van der Waals surface area contributed by atoms with Gasteiger partial charge >= 0.3 is 0 Å². The van der Waals surface area contributed by atoms with E-state index >= 15 is 0 Å². The number of rotatable bonds is 1. The van der Waals surface area contributed by atoms with Crippen LogP contribution in [-0.4, -0.2) is 23.2 Å². The molecule has 1 N–H and O–H groups in total. The predicted molar refractivity (Wildman–Crippen MR) is 52.0 cm³/mol. The fourth-order valence-electron chi connectivity index (χ4n) is 1.77. The maximum absolute atomic E-state index is 9.51. The highest BCUT2D eigenvalue weighted by atomic mass is 16.3. The molecule has 3 nitrogen and oxygen atoms in total. The molecule has 0 spiro atoms. The van der Waals surface area contributed by atoms with Gasteiger partial charge in [0.15, 0.2) is 0 Å². The third-order valence-electron chi connectivity index (χ3n) is 2.46. The van der Waals surface area contributed by atoms with Crippen LogP contribution in [0.1, 0.15) is 19.3 Å². The minimum atomic E-state index is 0.157. The lowest BCUT2D eigenvalue weighted by atomic mass is 10.1. The van der Waals surface area contributed by atoms with Crippen LogP contribution in [0.5, 0.6) is 5.88 Å². The molecule has 3 heteroatoms. The second-order valence-corrected chi connectivity index (χ2v) is 3.39. The van der Waals surface area contributed by atoms with Crippen molar-refractivity contribution >= 4 is 5.69 Å². The number of pyridine rings is 1. The van der Waals surface area contributed by atoms with Crippen LogP contribution in [0.3, 0.4) is 0 Å². The van der Waals surface area contributed by atoms with Crippen LogP contribution in [-0.2, 0) is 0 Å². The van der Waals surface area contributed by atoms with Crippen LogP contribution in [0.4, 0.5) is 5.69 Å². The molecule has 2 rings (SSSR count). The highest BCUT2D eigenvalue weighted by Gasteiger charge is 2.13. The van der Waals surface area contributed by atoms with Crippen molar-refractivity contribution in [2.75, 3.05) is 18.0 Å². The van der Waals surface area contributed by atoms with E-state index in [-0.39, 0.29) is 5.88 Å². The van der Waals surface area contributed by atoms with Gasteiger partial charge in [-0.3, -0.25) is 0 Å². The largest absolute Gasteiger partial charge is 0.492 e. The first-order valence-corrected chi connectivity index (χ1v) is 4.77. The number of hydrogen-bond donors (Lipinski definition) is 1. The molecule has 1 aromatic rings. The highest BCUT2D eigenvalue weighted by Crippen LogP contribution is 2.26. The molecule has 2 heterocycles. The van der Waals surface area contributed by atoms with Gasteiger partial charge in [0.05, 0.1) is 5.69 Å². The van der Waals surface area contributed by atoms with E-state index in [1.54, 1.807) is 6.20 Å². The second-order valence-electron chi connectivity index (χ2n) is 3.39. The van der Waals surface area contributed by atoms with Gasteiger partial charge in [0, 0.05) is 19.3 Å². The molecular formula is C10H14N2O. The van der Waals surface area contributed by atoms with Crippen molar-refractivity contribution < 1.29 is 5.11 Å². The number of nitrogens with zero attached hydrogens (tertiary/aromatic N) is 2. The Labute approximate surface area is 78.0 Å². The van der Waals surface area contributed by atoms with Gasteiger partial charge < -0.3 is 10.0 Å². The third-order valence-corrected chi connectivity index (χ3v) is 2.46. The summed E-state index contributed by atoms with van der Waals surface area (Å²) in [6, 6.07) is 3.79. The van der Waals surface area contributed by atoms with Gasteiger partial charge in [0.2, 0.25) is 5.88 Å². The first-order valence-electron chi connectivity index (χ1n) is 4.77. The Morgan fingerprint density at radius 3 is 2.69 bits per heavy atom. The zero-order valence-electron chi connectivity index (χ0n) is 7.61. The fourth-order valence-corrected chi connectivity index (χ4v) is 1.77. The SMILES string of the molecule is Oc1ncccc1N1CCCCC1. The molecule has 0 atom stereocenters. The molecule has 1 aromatic heterocycles. The minimum Gasteiger partial charge on any atom is -0.492 e. The van der Waals surface area contributed by atoms with Gasteiger partial charge in [-0.25, -0.2) is 4.98 Å². The standard InChI is InChI=1S/C10H14N2O/c13-10-9(5-4-6-11-10)12-7-2-1-3-8-12/h4-6H,1-3,7-8H2,(H,11,13). The lowest BCUT2D eigenvalue weighted by Crippen LogP contribution is -2.29. The van der Waals surface area contributed by atoms with E-state index in [0.29, 0.717) is 0 Å². The first kappa shape index (κ1) is 8.35. The van der Waals surface area contributed by atoms with Crippen molar-refractivity contribution in [3.8, 4) is 5.88 Å². The molecule has 1 fully saturated rings. The molecule has 70 valence electrons. The van der Waals surface area contributed by atoms with Crippen molar-refractivity contribution in [3.05, 3.63) is 18.3 Å². The van der Waals surface area contributed by atoms with Gasteiger partial charge in [0.25, 0.3) is 0 Å². The molecule has 1 aliphatic heterocycles. The van der Waals surface area contributed by atoms with Crippen LogP contribution in [0, 0.1) is 0 Å². The van der Waals surface area contributed by atoms with Crippen LogP contribution in [0.15, 0.2) is 18.3 Å². The number of aromatic hydroxyl groups is 1. The smallest absolute Gasteiger partial charge is 0.235 e. The number of aromatic nitrogens is 1. The zero-order valence-corrected chi connectivity index (χ0v) is 7.61. The lowest BCUT2D eigenvalue weighted by molar-refractivity contribution is 0.449. The van der Waals surface area contributed by atoms with Crippen LogP contribution in [0.2, 0.25) is 0 Å². The van der Waals surface area contributed by atoms with Crippen LogP contribution in [0.25, 0.3) is 0 Å². The summed E-state index contributed by atoms with van der Waals surface area (Å²) < 4.78 is 0. The maximum atomic E-state index is 9.51. The number of anilines is 1. The average Bonchev–Trinajstić information content (AvgIpc) is 2.20. The molecule has 0 radical (unpaired) electrons. The molecule has 0 saturated carbocycles. The Kier molecular flexibility index (Phi) is 2.34. The Morgan fingerprint density at radius 1 is 1.23 bits per heavy atom. The number of hydrogen-bond acceptors (Lipinski definition) is 3. The average molecular weight is 178 g/mol. The summed E-state index contributed by atoms with van der Waals surface area (Å²) >= 11 is 0. The van der Waals surface area contributed by atoms with E-state index < -0.39 is 0 Å². The predicted octanol–water partition coefficient (Wildman–Crippen LogP) is 1.78. The van der Waals surface area contributed by atoms with Gasteiger partial charge in [-0.2, -0.15) is 0 Å². The van der Waals surface area contributed by atoms with Crippen molar-refractivity contribution in [2.24, 2.45) is 0 Å². The van der Waals surface area contributed by atoms with Crippen LogP contribution >= 0.6 is 0 Å². The molecule has 13 heavy (non-hydrogen) atoms. The topological polar surface area (TPSA) is 36.4 Å². The van der Waals surface area contributed by atoms with Crippen molar-refractivity contribution in [3.63, 3.8) is 0 Å². The normalized spacial score (nSPS) is 17.4. The van der Waals surface area contributed by atoms with E-state index in [0.717, 1.165) is 18.8 Å². The van der Waals surface area contributed by atoms with Crippen molar-refractivity contribution in [2.45, 2.75) is 19.3 Å². The third kappa shape index (κ3) is 1.74. The fraction of sp³-hybridized carbons (Fsp3) is 0.500. The molecule has 0 unspecified atom stereocenters. The molecule has 0 aromatic carbocycles. The van der Waals surface area contributed by atoms with Crippen molar-refractivity contribution in [1.82, 2.24) is 4.98 Å². The quantitative estimate of drug-likeness (QED) is 0.712. The summed E-state index contributed by atoms with van der Waals surface area (Å²) in [6.07, 6.45) is 5.35. The molecule has 1 saturated heterocycles. The molecule has 0 amide bonds. The van der Waals surface area contributed by atoms with Crippen LogP contribution < -0.4 is 4.90 Å². The minimum absolute atomic E-state index is 0.157. The first-order chi connectivity index (χ1) is 6.38. The summed E-state index contributed by atoms with van der Waals surface area (Å²) in [5.74, 6) is 0.157. The van der Waals surface area contributed by atoms with Gasteiger partial charge in [0.1, 0.15) is 0 Å². The maximum Gasteiger partial charge on any atom is 0.235 e. The molecule has 0 bridgehead atoms. The van der Waals surface area contributed by atoms with E-state index in [9.17, 15) is 5.11 Å².